The molecule has 0 radical (unpaired) electrons. The summed E-state index contributed by atoms with van der Waals surface area (Å²) in [5, 5.41) is 12.8. The van der Waals surface area contributed by atoms with Crippen LogP contribution in [0.15, 0.2) is 53.7 Å². The fourth-order valence-corrected chi connectivity index (χ4v) is 3.77. The molecule has 0 saturated carbocycles. The zero-order valence-electron chi connectivity index (χ0n) is 15.3. The van der Waals surface area contributed by atoms with Gasteiger partial charge in [0.2, 0.25) is 17.1 Å². The molecule has 30 heavy (non-hydrogen) atoms. The van der Waals surface area contributed by atoms with E-state index in [1.165, 1.54) is 16.4 Å². The minimum Gasteiger partial charge on any atom is -0.368 e. The van der Waals surface area contributed by atoms with E-state index >= 15 is 0 Å². The quantitative estimate of drug-likeness (QED) is 0.290. The molecule has 0 bridgehead atoms. The molecule has 2 aromatic carbocycles. The molecule has 9 nitrogen and oxygen atoms in total. The second kappa shape index (κ2) is 8.74. The molecule has 2 aromatic heterocycles. The van der Waals surface area contributed by atoms with Crippen molar-refractivity contribution in [2.45, 2.75) is 10.9 Å². The monoisotopic (exact) mass is 459 g/mol. The molecule has 2 heterocycles. The molecule has 152 valence electrons. The largest absolute Gasteiger partial charge is 0.368 e. The van der Waals surface area contributed by atoms with Gasteiger partial charge in [-0.1, -0.05) is 53.2 Å². The molecule has 0 saturated heterocycles. The van der Waals surface area contributed by atoms with Gasteiger partial charge in [-0.2, -0.15) is 15.0 Å². The Kier molecular flexibility index (Phi) is 5.88. The van der Waals surface area contributed by atoms with E-state index in [0.29, 0.717) is 44.1 Å². The van der Waals surface area contributed by atoms with Gasteiger partial charge in [0.25, 0.3) is 0 Å². The molecular weight excluding hydrogens is 445 g/mol. The van der Waals surface area contributed by atoms with Crippen molar-refractivity contribution in [2.75, 3.05) is 16.9 Å². The highest BCUT2D eigenvalue weighted by Crippen LogP contribution is 2.30. The lowest BCUT2D eigenvalue weighted by Crippen LogP contribution is -2.12. The molecule has 0 fully saturated rings. The number of aromatic nitrogens is 6. The number of rotatable bonds is 6. The first kappa shape index (κ1) is 20.2. The van der Waals surface area contributed by atoms with Gasteiger partial charge in [-0.15, -0.1) is 10.2 Å². The van der Waals surface area contributed by atoms with E-state index in [4.69, 9.17) is 34.8 Å². The van der Waals surface area contributed by atoms with Crippen LogP contribution in [-0.4, -0.2) is 29.8 Å². The summed E-state index contributed by atoms with van der Waals surface area (Å²) < 4.78 is 1.35. The Morgan fingerprint density at radius 1 is 1.00 bits per heavy atom. The molecule has 0 unspecified atom stereocenters. The number of nitrogens with one attached hydrogen (secondary N) is 1. The molecule has 0 amide bonds. The standard InChI is InChI=1S/C18H15Cl2N9S/c19-10-6-7-12(13(20)8-10)15-27-28-18(29(15)22)30-9-14-24-16(21)26-17(25-14)23-11-4-2-1-3-5-11/h1-8H,9,22H2,(H3,21,23,24,25,26). The molecule has 0 aliphatic carbocycles. The predicted molar refractivity (Wildman–Crippen MR) is 119 cm³/mol. The number of benzene rings is 2. The van der Waals surface area contributed by atoms with Crippen molar-refractivity contribution in [3.63, 3.8) is 0 Å². The van der Waals surface area contributed by atoms with Crippen LogP contribution in [0.5, 0.6) is 0 Å². The predicted octanol–water partition coefficient (Wildman–Crippen LogP) is 3.77. The third-order valence-corrected chi connectivity index (χ3v) is 5.38. The topological polar surface area (TPSA) is 133 Å². The van der Waals surface area contributed by atoms with Crippen LogP contribution in [0.1, 0.15) is 5.82 Å². The summed E-state index contributed by atoms with van der Waals surface area (Å²) >= 11 is 13.5. The van der Waals surface area contributed by atoms with Gasteiger partial charge in [0, 0.05) is 16.3 Å². The van der Waals surface area contributed by atoms with Gasteiger partial charge in [-0.3, -0.25) is 0 Å². The molecule has 0 aliphatic rings. The third kappa shape index (κ3) is 4.56. The summed E-state index contributed by atoms with van der Waals surface area (Å²) in [6.45, 7) is 0. The maximum absolute atomic E-state index is 6.24. The molecular formula is C18H15Cl2N9S. The average Bonchev–Trinajstić information content (AvgIpc) is 3.07. The van der Waals surface area contributed by atoms with Crippen LogP contribution in [0.3, 0.4) is 0 Å². The van der Waals surface area contributed by atoms with E-state index in [9.17, 15) is 0 Å². The number of halogens is 2. The van der Waals surface area contributed by atoms with Crippen molar-refractivity contribution in [3.05, 3.63) is 64.4 Å². The van der Waals surface area contributed by atoms with E-state index in [1.807, 2.05) is 30.3 Å². The summed E-state index contributed by atoms with van der Waals surface area (Å²) in [5.41, 5.74) is 7.29. The Balaban J connectivity index is 1.51. The van der Waals surface area contributed by atoms with E-state index in [-0.39, 0.29) is 5.95 Å². The van der Waals surface area contributed by atoms with Crippen LogP contribution >= 0.6 is 35.0 Å². The number of hydrogen-bond donors (Lipinski definition) is 3. The average molecular weight is 460 g/mol. The van der Waals surface area contributed by atoms with Gasteiger partial charge in [0.05, 0.1) is 10.8 Å². The number of thioether (sulfide) groups is 1. The van der Waals surface area contributed by atoms with Gasteiger partial charge in [-0.25, -0.2) is 4.68 Å². The zero-order valence-corrected chi connectivity index (χ0v) is 17.7. The molecule has 0 spiro atoms. The molecule has 12 heteroatoms. The van der Waals surface area contributed by atoms with Crippen LogP contribution in [0, 0.1) is 0 Å². The fraction of sp³-hybridized carbons (Fsp3) is 0.0556. The van der Waals surface area contributed by atoms with Gasteiger partial charge in [0.15, 0.2) is 5.82 Å². The van der Waals surface area contributed by atoms with Gasteiger partial charge in [0.1, 0.15) is 5.82 Å². The lowest BCUT2D eigenvalue weighted by atomic mass is 10.2. The lowest BCUT2D eigenvalue weighted by Gasteiger charge is -2.07. The lowest BCUT2D eigenvalue weighted by molar-refractivity contribution is 0.847. The second-order valence-corrected chi connectivity index (χ2v) is 7.80. The van der Waals surface area contributed by atoms with Crippen LogP contribution in [0.4, 0.5) is 17.6 Å². The van der Waals surface area contributed by atoms with Crippen molar-refractivity contribution >= 4 is 52.5 Å². The van der Waals surface area contributed by atoms with Gasteiger partial charge in [-0.05, 0) is 30.3 Å². The van der Waals surface area contributed by atoms with E-state index < -0.39 is 0 Å². The zero-order chi connectivity index (χ0) is 21.1. The van der Waals surface area contributed by atoms with Crippen molar-refractivity contribution in [1.82, 2.24) is 29.8 Å². The fourth-order valence-electron chi connectivity index (χ4n) is 2.57. The Morgan fingerprint density at radius 2 is 1.80 bits per heavy atom. The van der Waals surface area contributed by atoms with Crippen LogP contribution in [-0.2, 0) is 5.75 Å². The Morgan fingerprint density at radius 3 is 2.57 bits per heavy atom. The molecule has 0 atom stereocenters. The summed E-state index contributed by atoms with van der Waals surface area (Å²) in [6, 6.07) is 14.6. The van der Waals surface area contributed by atoms with Crippen LogP contribution in [0.25, 0.3) is 11.4 Å². The molecule has 4 aromatic rings. The highest BCUT2D eigenvalue weighted by atomic mass is 35.5. The van der Waals surface area contributed by atoms with E-state index in [1.54, 1.807) is 18.2 Å². The number of nitrogen functional groups attached to an aromatic ring is 2. The van der Waals surface area contributed by atoms with Crippen molar-refractivity contribution in [3.8, 4) is 11.4 Å². The minimum absolute atomic E-state index is 0.113. The van der Waals surface area contributed by atoms with E-state index in [2.05, 4.69) is 30.5 Å². The first-order valence-corrected chi connectivity index (χ1v) is 10.3. The number of nitrogens with zero attached hydrogens (tertiary/aromatic N) is 6. The number of nitrogens with two attached hydrogens (primary N) is 2. The van der Waals surface area contributed by atoms with Crippen molar-refractivity contribution in [2.24, 2.45) is 0 Å². The first-order valence-electron chi connectivity index (χ1n) is 8.61. The smallest absolute Gasteiger partial charge is 0.232 e. The third-order valence-electron chi connectivity index (χ3n) is 3.90. The molecule has 5 N–H and O–H groups in total. The summed E-state index contributed by atoms with van der Waals surface area (Å²) in [4.78, 5) is 12.7. The van der Waals surface area contributed by atoms with E-state index in [0.717, 1.165) is 5.69 Å². The number of para-hydroxylation sites is 1. The van der Waals surface area contributed by atoms with Crippen molar-refractivity contribution < 1.29 is 0 Å². The maximum atomic E-state index is 6.24. The summed E-state index contributed by atoms with van der Waals surface area (Å²) in [5.74, 6) is 7.87. The Labute approximate surface area is 185 Å². The number of hydrogen-bond acceptors (Lipinski definition) is 9. The minimum atomic E-state index is 0.113. The first-order chi connectivity index (χ1) is 14.5. The Hall–Kier alpha value is -3.08. The second-order valence-electron chi connectivity index (χ2n) is 6.01. The molecule has 4 rings (SSSR count). The van der Waals surface area contributed by atoms with Gasteiger partial charge < -0.3 is 16.9 Å². The highest BCUT2D eigenvalue weighted by Gasteiger charge is 2.16. The van der Waals surface area contributed by atoms with Gasteiger partial charge >= 0.3 is 0 Å². The maximum Gasteiger partial charge on any atom is 0.232 e. The van der Waals surface area contributed by atoms with Crippen molar-refractivity contribution in [1.29, 1.82) is 0 Å². The Bertz CT molecular complexity index is 1180. The summed E-state index contributed by atoms with van der Waals surface area (Å²) in [7, 11) is 0. The summed E-state index contributed by atoms with van der Waals surface area (Å²) in [6.07, 6.45) is 0. The highest BCUT2D eigenvalue weighted by molar-refractivity contribution is 7.98. The van der Waals surface area contributed by atoms with Crippen LogP contribution < -0.4 is 16.9 Å². The molecule has 0 aliphatic heterocycles. The normalized spacial score (nSPS) is 10.9. The SMILES string of the molecule is Nc1nc(CSc2nnc(-c3ccc(Cl)cc3Cl)n2N)nc(Nc2ccccc2)n1. The van der Waals surface area contributed by atoms with Crippen LogP contribution in [0.2, 0.25) is 10.0 Å². The number of anilines is 3.